The second kappa shape index (κ2) is 10.9. The number of carbonyl (C=O) groups is 1. The Morgan fingerprint density at radius 3 is 2.44 bits per heavy atom. The van der Waals surface area contributed by atoms with E-state index in [4.69, 9.17) is 10.5 Å². The zero-order valence-electron chi connectivity index (χ0n) is 14.6. The highest BCUT2D eigenvalue weighted by molar-refractivity contribution is 5.95. The summed E-state index contributed by atoms with van der Waals surface area (Å²) in [5, 5.41) is 0. The molecule has 2 fully saturated rings. The molecule has 0 saturated carbocycles. The van der Waals surface area contributed by atoms with Gasteiger partial charge in [-0.2, -0.15) is 0 Å². The van der Waals surface area contributed by atoms with Crippen molar-refractivity contribution in [2.75, 3.05) is 45.1 Å². The number of nitrogen functional groups attached to an aromatic ring is 1. The number of piperidine rings is 1. The van der Waals surface area contributed by atoms with Gasteiger partial charge in [-0.25, -0.2) is 0 Å². The molecule has 0 aromatic heterocycles. The topological polar surface area (TPSA) is 58.8 Å². The molecule has 0 atom stereocenters. The van der Waals surface area contributed by atoms with E-state index in [2.05, 4.69) is 4.90 Å². The molecule has 5 nitrogen and oxygen atoms in total. The minimum atomic E-state index is 0. The smallest absolute Gasteiger partial charge is 0.253 e. The molecule has 2 heterocycles. The van der Waals surface area contributed by atoms with Gasteiger partial charge in [0.25, 0.3) is 5.91 Å². The number of hydrogen-bond donors (Lipinski definition) is 1. The van der Waals surface area contributed by atoms with Gasteiger partial charge < -0.3 is 20.3 Å². The number of anilines is 1. The van der Waals surface area contributed by atoms with Crippen molar-refractivity contribution in [2.45, 2.75) is 31.8 Å². The van der Waals surface area contributed by atoms with Gasteiger partial charge in [0.1, 0.15) is 0 Å². The van der Waals surface area contributed by atoms with Crippen LogP contribution < -0.4 is 5.73 Å². The Labute approximate surface area is 162 Å². The molecule has 25 heavy (non-hydrogen) atoms. The number of nitrogens with zero attached hydrogens (tertiary/aromatic N) is 2. The van der Waals surface area contributed by atoms with Crippen LogP contribution in [0.2, 0.25) is 0 Å². The van der Waals surface area contributed by atoms with Crippen LogP contribution in [0.1, 0.15) is 36.0 Å². The maximum absolute atomic E-state index is 12.5. The molecule has 0 bridgehead atoms. The van der Waals surface area contributed by atoms with Gasteiger partial charge in [0, 0.05) is 30.9 Å². The summed E-state index contributed by atoms with van der Waals surface area (Å²) in [6.07, 6.45) is 4.79. The zero-order chi connectivity index (χ0) is 16.1. The van der Waals surface area contributed by atoms with Crippen LogP contribution in [0.5, 0.6) is 0 Å². The van der Waals surface area contributed by atoms with Crippen molar-refractivity contribution < 1.29 is 9.53 Å². The second-order valence-corrected chi connectivity index (χ2v) is 6.54. The molecule has 0 aliphatic carbocycles. The zero-order valence-corrected chi connectivity index (χ0v) is 16.2. The normalized spacial score (nSPS) is 18.5. The predicted molar refractivity (Wildman–Crippen MR) is 106 cm³/mol. The van der Waals surface area contributed by atoms with E-state index >= 15 is 0 Å². The third kappa shape index (κ3) is 6.33. The number of ether oxygens (including phenoxy) is 1. The monoisotopic (exact) mass is 389 g/mol. The molecule has 1 amide bonds. The standard InChI is InChI=1S/C18H27N3O2.2ClH/c19-16-5-3-4-15(14-16)18(22)21-10-6-17(7-11-21)23-13-12-20-8-1-2-9-20;;/h3-5,14,17H,1-2,6-13,19H2;2*1H. The van der Waals surface area contributed by atoms with Gasteiger partial charge in [-0.1, -0.05) is 6.07 Å². The number of likely N-dealkylation sites (tertiary alicyclic amines) is 2. The van der Waals surface area contributed by atoms with Crippen molar-refractivity contribution in [1.29, 1.82) is 0 Å². The Bertz CT molecular complexity index is 531. The Hall–Kier alpha value is -1.01. The molecule has 3 rings (SSSR count). The quantitative estimate of drug-likeness (QED) is 0.786. The van der Waals surface area contributed by atoms with E-state index < -0.39 is 0 Å². The highest BCUT2D eigenvalue weighted by Crippen LogP contribution is 2.17. The van der Waals surface area contributed by atoms with E-state index in [1.807, 2.05) is 17.0 Å². The number of amides is 1. The number of nitrogens with two attached hydrogens (primary N) is 1. The molecule has 0 radical (unpaired) electrons. The number of halogens is 2. The van der Waals surface area contributed by atoms with Gasteiger partial charge in [0.2, 0.25) is 0 Å². The summed E-state index contributed by atoms with van der Waals surface area (Å²) in [5.41, 5.74) is 7.07. The fourth-order valence-corrected chi connectivity index (χ4v) is 3.43. The Balaban J connectivity index is 0.00000156. The van der Waals surface area contributed by atoms with E-state index in [1.165, 1.54) is 25.9 Å². The van der Waals surface area contributed by atoms with Crippen molar-refractivity contribution in [1.82, 2.24) is 9.80 Å². The summed E-state index contributed by atoms with van der Waals surface area (Å²) in [6.45, 7) is 5.83. The third-order valence-corrected chi connectivity index (χ3v) is 4.82. The van der Waals surface area contributed by atoms with Crippen LogP contribution in [0.15, 0.2) is 24.3 Å². The summed E-state index contributed by atoms with van der Waals surface area (Å²) >= 11 is 0. The lowest BCUT2D eigenvalue weighted by Crippen LogP contribution is -2.41. The van der Waals surface area contributed by atoms with Gasteiger partial charge >= 0.3 is 0 Å². The minimum Gasteiger partial charge on any atom is -0.399 e. The van der Waals surface area contributed by atoms with E-state index in [-0.39, 0.29) is 30.7 Å². The first-order valence-electron chi connectivity index (χ1n) is 8.71. The lowest BCUT2D eigenvalue weighted by Gasteiger charge is -2.32. The summed E-state index contributed by atoms with van der Waals surface area (Å²) < 4.78 is 6.00. The Morgan fingerprint density at radius 1 is 1.12 bits per heavy atom. The maximum atomic E-state index is 12.5. The van der Waals surface area contributed by atoms with E-state index in [0.29, 0.717) is 17.4 Å². The lowest BCUT2D eigenvalue weighted by molar-refractivity contribution is 0.00208. The largest absolute Gasteiger partial charge is 0.399 e. The van der Waals surface area contributed by atoms with E-state index in [9.17, 15) is 4.79 Å². The van der Waals surface area contributed by atoms with Crippen molar-refractivity contribution in [2.24, 2.45) is 0 Å². The van der Waals surface area contributed by atoms with E-state index in [1.54, 1.807) is 12.1 Å². The van der Waals surface area contributed by atoms with Crippen molar-refractivity contribution in [3.8, 4) is 0 Å². The number of carbonyl (C=O) groups excluding carboxylic acids is 1. The van der Waals surface area contributed by atoms with Crippen molar-refractivity contribution >= 4 is 36.4 Å². The Kier molecular flexibility index (Phi) is 9.57. The number of benzene rings is 1. The first-order chi connectivity index (χ1) is 11.2. The molecule has 2 saturated heterocycles. The van der Waals surface area contributed by atoms with Gasteiger partial charge in [0.15, 0.2) is 0 Å². The van der Waals surface area contributed by atoms with Gasteiger partial charge in [-0.15, -0.1) is 24.8 Å². The first-order valence-corrected chi connectivity index (χ1v) is 8.71. The minimum absolute atomic E-state index is 0. The lowest BCUT2D eigenvalue weighted by atomic mass is 10.1. The van der Waals surface area contributed by atoms with Crippen LogP contribution >= 0.6 is 24.8 Å². The summed E-state index contributed by atoms with van der Waals surface area (Å²) in [7, 11) is 0. The molecule has 1 aromatic rings. The van der Waals surface area contributed by atoms with Crippen molar-refractivity contribution in [3.05, 3.63) is 29.8 Å². The van der Waals surface area contributed by atoms with Crippen LogP contribution in [0, 0.1) is 0 Å². The summed E-state index contributed by atoms with van der Waals surface area (Å²) in [5.74, 6) is 0.0767. The molecular weight excluding hydrogens is 361 g/mol. The molecular formula is C18H29Cl2N3O2. The summed E-state index contributed by atoms with van der Waals surface area (Å²) in [6, 6.07) is 7.21. The fourth-order valence-electron chi connectivity index (χ4n) is 3.43. The van der Waals surface area contributed by atoms with E-state index in [0.717, 1.165) is 39.1 Å². The molecule has 7 heteroatoms. The third-order valence-electron chi connectivity index (χ3n) is 4.82. The molecule has 1 aromatic carbocycles. The summed E-state index contributed by atoms with van der Waals surface area (Å²) in [4.78, 5) is 16.9. The molecule has 2 aliphatic rings. The number of rotatable bonds is 5. The number of hydrogen-bond acceptors (Lipinski definition) is 4. The fraction of sp³-hybridized carbons (Fsp3) is 0.611. The highest BCUT2D eigenvalue weighted by Gasteiger charge is 2.24. The van der Waals surface area contributed by atoms with Crippen LogP contribution in [-0.4, -0.2) is 61.1 Å². The molecule has 0 unspecified atom stereocenters. The van der Waals surface area contributed by atoms with Gasteiger partial charge in [-0.05, 0) is 57.0 Å². The molecule has 142 valence electrons. The predicted octanol–water partition coefficient (Wildman–Crippen LogP) is 2.83. The average molecular weight is 390 g/mol. The van der Waals surface area contributed by atoms with Gasteiger partial charge in [-0.3, -0.25) is 4.79 Å². The molecule has 0 spiro atoms. The second-order valence-electron chi connectivity index (χ2n) is 6.54. The van der Waals surface area contributed by atoms with Gasteiger partial charge in [0.05, 0.1) is 12.7 Å². The van der Waals surface area contributed by atoms with Crippen LogP contribution in [0.25, 0.3) is 0 Å². The Morgan fingerprint density at radius 2 is 1.80 bits per heavy atom. The van der Waals surface area contributed by atoms with Crippen LogP contribution in [0.3, 0.4) is 0 Å². The van der Waals surface area contributed by atoms with Crippen LogP contribution in [-0.2, 0) is 4.74 Å². The first kappa shape index (κ1) is 22.0. The van der Waals surface area contributed by atoms with Crippen molar-refractivity contribution in [3.63, 3.8) is 0 Å². The van der Waals surface area contributed by atoms with Crippen LogP contribution in [0.4, 0.5) is 5.69 Å². The highest BCUT2D eigenvalue weighted by atomic mass is 35.5. The SMILES string of the molecule is Cl.Cl.Nc1cccc(C(=O)N2CCC(OCCN3CCCC3)CC2)c1. The molecule has 2 N–H and O–H groups in total. The maximum Gasteiger partial charge on any atom is 0.253 e. The molecule has 2 aliphatic heterocycles. The average Bonchev–Trinajstić information content (AvgIpc) is 3.08.